The van der Waals surface area contributed by atoms with Crippen molar-refractivity contribution in [1.29, 1.82) is 0 Å². The minimum absolute atomic E-state index is 0.0551. The molecule has 2 saturated heterocycles. The number of nitrogens with zero attached hydrogens (tertiary/aromatic N) is 4. The number of carbonyl (C=O) groups excluding carboxylic acids is 1. The Bertz CT molecular complexity index is 778. The van der Waals surface area contributed by atoms with E-state index < -0.39 is 0 Å². The number of fused-ring (bicyclic) bond motifs is 1. The van der Waals surface area contributed by atoms with Gasteiger partial charge in [-0.15, -0.1) is 10.2 Å². The third kappa shape index (κ3) is 2.97. The van der Waals surface area contributed by atoms with E-state index in [9.17, 15) is 4.79 Å². The number of amides is 1. The van der Waals surface area contributed by atoms with Crippen molar-refractivity contribution in [3.8, 4) is 5.88 Å². The molecular formula is C17H20N4O4. The first-order valence-electron chi connectivity index (χ1n) is 8.39. The molecule has 2 fully saturated rings. The zero-order valence-corrected chi connectivity index (χ0v) is 14.2. The summed E-state index contributed by atoms with van der Waals surface area (Å²) in [6.07, 6.45) is 3.13. The molecule has 2 aliphatic rings. The average molecular weight is 344 g/mol. The highest BCUT2D eigenvalue weighted by Crippen LogP contribution is 2.40. The van der Waals surface area contributed by atoms with Gasteiger partial charge in [0.15, 0.2) is 0 Å². The number of methoxy groups -OCH3 is 1. The molecule has 8 nitrogen and oxygen atoms in total. The molecule has 4 heterocycles. The van der Waals surface area contributed by atoms with Crippen LogP contribution in [-0.4, -0.2) is 52.3 Å². The minimum atomic E-state index is -0.181. The van der Waals surface area contributed by atoms with Gasteiger partial charge in [0, 0.05) is 32.1 Å². The van der Waals surface area contributed by atoms with E-state index in [2.05, 4.69) is 15.2 Å². The van der Waals surface area contributed by atoms with Crippen LogP contribution in [0.1, 0.15) is 41.1 Å². The van der Waals surface area contributed by atoms with Crippen molar-refractivity contribution >= 4 is 5.91 Å². The Kier molecular flexibility index (Phi) is 4.12. The van der Waals surface area contributed by atoms with Gasteiger partial charge in [-0.25, -0.2) is 4.98 Å². The zero-order chi connectivity index (χ0) is 17.4. The van der Waals surface area contributed by atoms with Gasteiger partial charge in [-0.1, -0.05) is 0 Å². The summed E-state index contributed by atoms with van der Waals surface area (Å²) in [5.74, 6) is 1.63. The molecule has 0 bridgehead atoms. The minimum Gasteiger partial charge on any atom is -0.480 e. The molecule has 0 aromatic carbocycles. The fourth-order valence-electron chi connectivity index (χ4n) is 3.63. The van der Waals surface area contributed by atoms with Crippen LogP contribution in [0.15, 0.2) is 22.7 Å². The summed E-state index contributed by atoms with van der Waals surface area (Å²) >= 11 is 0. The van der Waals surface area contributed by atoms with Crippen LogP contribution in [-0.2, 0) is 4.74 Å². The maximum absolute atomic E-state index is 12.8. The molecular weight excluding hydrogens is 324 g/mol. The lowest BCUT2D eigenvalue weighted by molar-refractivity contribution is -0.00638. The fourth-order valence-corrected chi connectivity index (χ4v) is 3.63. The maximum atomic E-state index is 12.8. The van der Waals surface area contributed by atoms with Crippen LogP contribution < -0.4 is 4.74 Å². The molecule has 0 spiro atoms. The normalized spacial score (nSPS) is 25.7. The molecule has 2 aliphatic heterocycles. The van der Waals surface area contributed by atoms with E-state index in [1.807, 2.05) is 4.90 Å². The van der Waals surface area contributed by atoms with Gasteiger partial charge >= 0.3 is 0 Å². The van der Waals surface area contributed by atoms with Crippen LogP contribution in [0.25, 0.3) is 0 Å². The Morgan fingerprint density at radius 2 is 2.28 bits per heavy atom. The first-order valence-corrected chi connectivity index (χ1v) is 8.39. The van der Waals surface area contributed by atoms with E-state index in [0.29, 0.717) is 36.3 Å². The van der Waals surface area contributed by atoms with Gasteiger partial charge in [0.05, 0.1) is 13.2 Å². The molecule has 25 heavy (non-hydrogen) atoms. The number of rotatable bonds is 3. The number of aromatic nitrogens is 3. The van der Waals surface area contributed by atoms with Gasteiger partial charge < -0.3 is 18.8 Å². The summed E-state index contributed by atoms with van der Waals surface area (Å²) in [5, 5.41) is 7.93. The third-order valence-electron chi connectivity index (χ3n) is 4.82. The second-order valence-electron chi connectivity index (χ2n) is 6.42. The van der Waals surface area contributed by atoms with Crippen molar-refractivity contribution in [3.63, 3.8) is 0 Å². The number of ether oxygens (including phenoxy) is 2. The van der Waals surface area contributed by atoms with E-state index in [1.54, 1.807) is 25.3 Å². The highest BCUT2D eigenvalue weighted by molar-refractivity contribution is 5.96. The number of aryl methyl sites for hydroxylation is 1. The van der Waals surface area contributed by atoms with Crippen molar-refractivity contribution in [3.05, 3.63) is 35.7 Å². The summed E-state index contributed by atoms with van der Waals surface area (Å²) in [6.45, 7) is 3.05. The second-order valence-corrected chi connectivity index (χ2v) is 6.42. The van der Waals surface area contributed by atoms with Crippen LogP contribution in [0.2, 0.25) is 0 Å². The summed E-state index contributed by atoms with van der Waals surface area (Å²) in [6, 6.07) is 3.49. The standard InChI is InChI=1S/C17H20N4O4/c1-10-19-20-16(24-10)14-8-11-9-21(7-5-13(11)25-14)17(22)12-4-3-6-18-15(12)23-2/h3-4,6,11,13-14H,5,7-9H2,1-2H3/t11-,13-,14+/m0/s1. The summed E-state index contributed by atoms with van der Waals surface area (Å²) in [4.78, 5) is 18.8. The zero-order valence-electron chi connectivity index (χ0n) is 14.2. The van der Waals surface area contributed by atoms with E-state index in [-0.39, 0.29) is 24.0 Å². The van der Waals surface area contributed by atoms with Crippen LogP contribution in [0, 0.1) is 12.8 Å². The number of carbonyl (C=O) groups is 1. The predicted octanol–water partition coefficient (Wildman–Crippen LogP) is 1.77. The average Bonchev–Trinajstić information content (AvgIpc) is 3.26. The molecule has 3 atom stereocenters. The van der Waals surface area contributed by atoms with E-state index in [1.165, 1.54) is 7.11 Å². The van der Waals surface area contributed by atoms with Gasteiger partial charge in [0.1, 0.15) is 11.7 Å². The lowest BCUT2D eigenvalue weighted by Gasteiger charge is -2.34. The van der Waals surface area contributed by atoms with Gasteiger partial charge in [-0.05, 0) is 25.0 Å². The number of hydrogen-bond acceptors (Lipinski definition) is 7. The molecule has 0 saturated carbocycles. The first kappa shape index (κ1) is 16.0. The van der Waals surface area contributed by atoms with Crippen LogP contribution >= 0.6 is 0 Å². The van der Waals surface area contributed by atoms with Crippen LogP contribution in [0.4, 0.5) is 0 Å². The second kappa shape index (κ2) is 6.44. The fraction of sp³-hybridized carbons (Fsp3) is 0.529. The quantitative estimate of drug-likeness (QED) is 0.838. The van der Waals surface area contributed by atoms with Crippen molar-refractivity contribution in [2.24, 2.45) is 5.92 Å². The lowest BCUT2D eigenvalue weighted by atomic mass is 9.92. The van der Waals surface area contributed by atoms with Crippen molar-refractivity contribution in [1.82, 2.24) is 20.1 Å². The van der Waals surface area contributed by atoms with E-state index >= 15 is 0 Å². The molecule has 2 aromatic rings. The SMILES string of the molecule is COc1ncccc1C(=O)N1CC[C@@H]2O[C@@H](c3nnc(C)o3)C[C@H]2C1. The monoisotopic (exact) mass is 344 g/mol. The highest BCUT2D eigenvalue weighted by Gasteiger charge is 2.42. The molecule has 0 N–H and O–H groups in total. The van der Waals surface area contributed by atoms with Crippen LogP contribution in [0.5, 0.6) is 5.88 Å². The maximum Gasteiger partial charge on any atom is 0.259 e. The van der Waals surface area contributed by atoms with Crippen molar-refractivity contribution in [2.75, 3.05) is 20.2 Å². The van der Waals surface area contributed by atoms with Gasteiger partial charge in [-0.3, -0.25) is 4.79 Å². The van der Waals surface area contributed by atoms with Gasteiger partial charge in [0.25, 0.3) is 5.91 Å². The summed E-state index contributed by atoms with van der Waals surface area (Å²) < 4.78 is 16.8. The molecule has 132 valence electrons. The Morgan fingerprint density at radius 1 is 1.40 bits per heavy atom. The molecule has 0 unspecified atom stereocenters. The first-order chi connectivity index (χ1) is 12.2. The van der Waals surface area contributed by atoms with Crippen molar-refractivity contribution in [2.45, 2.75) is 32.0 Å². The largest absolute Gasteiger partial charge is 0.480 e. The smallest absolute Gasteiger partial charge is 0.259 e. The number of likely N-dealkylation sites (tertiary alicyclic amines) is 1. The molecule has 1 amide bonds. The Morgan fingerprint density at radius 3 is 3.04 bits per heavy atom. The number of hydrogen-bond donors (Lipinski definition) is 0. The van der Waals surface area contributed by atoms with E-state index in [4.69, 9.17) is 13.9 Å². The highest BCUT2D eigenvalue weighted by atomic mass is 16.5. The summed E-state index contributed by atoms with van der Waals surface area (Å²) in [5.41, 5.74) is 0.492. The van der Waals surface area contributed by atoms with Crippen molar-refractivity contribution < 1.29 is 18.7 Å². The topological polar surface area (TPSA) is 90.6 Å². The van der Waals surface area contributed by atoms with Gasteiger partial charge in [-0.2, -0.15) is 0 Å². The van der Waals surface area contributed by atoms with Crippen LogP contribution in [0.3, 0.4) is 0 Å². The molecule has 0 aliphatic carbocycles. The Hall–Kier alpha value is -2.48. The molecule has 2 aromatic heterocycles. The summed E-state index contributed by atoms with van der Waals surface area (Å²) in [7, 11) is 1.52. The number of piperidine rings is 1. The molecule has 4 rings (SSSR count). The molecule has 0 radical (unpaired) electrons. The molecule has 8 heteroatoms. The van der Waals surface area contributed by atoms with Gasteiger partial charge in [0.2, 0.25) is 17.7 Å². The third-order valence-corrected chi connectivity index (χ3v) is 4.82. The lowest BCUT2D eigenvalue weighted by Crippen LogP contribution is -2.44. The number of pyridine rings is 1. The Labute approximate surface area is 145 Å². The Balaban J connectivity index is 1.46. The predicted molar refractivity (Wildman–Crippen MR) is 86.1 cm³/mol. The van der Waals surface area contributed by atoms with E-state index in [0.717, 1.165) is 12.8 Å².